The lowest BCUT2D eigenvalue weighted by Gasteiger charge is -2.38. The first-order chi connectivity index (χ1) is 18.9. The van der Waals surface area contributed by atoms with Crippen molar-refractivity contribution in [3.05, 3.63) is 96.1 Å². The Morgan fingerprint density at radius 3 is 2.51 bits per heavy atom. The molecule has 6 nitrogen and oxygen atoms in total. The SMILES string of the molecule is CCCN(C[C@H]([C@@H](C)CC)N(C)C(=O)Cc1cncn1Cc1ccc(C#N)cc1)c1cccc2ccccc12. The highest BCUT2D eigenvalue weighted by Crippen LogP contribution is 2.29. The Morgan fingerprint density at radius 1 is 1.05 bits per heavy atom. The molecule has 3 aromatic carbocycles. The number of rotatable bonds is 12. The Balaban J connectivity index is 1.53. The number of carbonyl (C=O) groups excluding carboxylic acids is 1. The van der Waals surface area contributed by atoms with Gasteiger partial charge < -0.3 is 14.4 Å². The standard InChI is InChI=1S/C33H39N5O/c1-5-18-37(31-13-9-11-28-10-7-8-12-30(28)31)23-32(25(3)6-2)36(4)33(39)19-29-21-35-24-38(29)22-27-16-14-26(20-34)15-17-27/h7-17,21,24-25,32H,5-6,18-19,22-23H2,1-4H3/t25-,32+/m0/s1. The van der Waals surface area contributed by atoms with Crippen LogP contribution in [0.4, 0.5) is 5.69 Å². The van der Waals surface area contributed by atoms with Crippen molar-refractivity contribution in [3.63, 3.8) is 0 Å². The summed E-state index contributed by atoms with van der Waals surface area (Å²) < 4.78 is 2.02. The van der Waals surface area contributed by atoms with Crippen molar-refractivity contribution in [1.29, 1.82) is 5.26 Å². The van der Waals surface area contributed by atoms with E-state index in [1.165, 1.54) is 16.5 Å². The largest absolute Gasteiger partial charge is 0.369 e. The van der Waals surface area contributed by atoms with Gasteiger partial charge in [-0.05, 0) is 41.5 Å². The zero-order valence-electron chi connectivity index (χ0n) is 23.5. The van der Waals surface area contributed by atoms with E-state index in [1.54, 1.807) is 12.5 Å². The lowest BCUT2D eigenvalue weighted by Crippen LogP contribution is -2.49. The number of aromatic nitrogens is 2. The summed E-state index contributed by atoms with van der Waals surface area (Å²) in [6.45, 7) is 8.98. The van der Waals surface area contributed by atoms with Crippen LogP contribution in [-0.4, -0.2) is 46.5 Å². The van der Waals surface area contributed by atoms with Crippen LogP contribution in [0.2, 0.25) is 0 Å². The van der Waals surface area contributed by atoms with E-state index in [-0.39, 0.29) is 11.9 Å². The van der Waals surface area contributed by atoms with Gasteiger partial charge in [-0.2, -0.15) is 5.26 Å². The first kappa shape index (κ1) is 27.9. The molecule has 0 aliphatic carbocycles. The van der Waals surface area contributed by atoms with Gasteiger partial charge in [0.15, 0.2) is 0 Å². The highest BCUT2D eigenvalue weighted by Gasteiger charge is 2.28. The average molecular weight is 522 g/mol. The molecule has 0 unspecified atom stereocenters. The Kier molecular flexibility index (Phi) is 9.38. The number of likely N-dealkylation sites (N-methyl/N-ethyl adjacent to an activating group) is 1. The number of imidazole rings is 1. The highest BCUT2D eigenvalue weighted by atomic mass is 16.2. The fourth-order valence-electron chi connectivity index (χ4n) is 5.23. The van der Waals surface area contributed by atoms with Gasteiger partial charge >= 0.3 is 0 Å². The maximum Gasteiger partial charge on any atom is 0.228 e. The van der Waals surface area contributed by atoms with Crippen molar-refractivity contribution < 1.29 is 4.79 Å². The quantitative estimate of drug-likeness (QED) is 0.220. The molecule has 39 heavy (non-hydrogen) atoms. The predicted molar refractivity (Wildman–Crippen MR) is 159 cm³/mol. The smallest absolute Gasteiger partial charge is 0.228 e. The van der Waals surface area contributed by atoms with E-state index in [0.717, 1.165) is 37.2 Å². The van der Waals surface area contributed by atoms with E-state index < -0.39 is 0 Å². The van der Waals surface area contributed by atoms with Gasteiger partial charge in [0.1, 0.15) is 0 Å². The summed E-state index contributed by atoms with van der Waals surface area (Å²) in [4.78, 5) is 22.4. The molecule has 0 N–H and O–H groups in total. The number of hydrogen-bond acceptors (Lipinski definition) is 4. The molecule has 1 aromatic heterocycles. The van der Waals surface area contributed by atoms with Crippen LogP contribution in [0.5, 0.6) is 0 Å². The lowest BCUT2D eigenvalue weighted by molar-refractivity contribution is -0.132. The second kappa shape index (κ2) is 13.1. The molecule has 0 spiro atoms. The number of amides is 1. The molecular weight excluding hydrogens is 482 g/mol. The number of carbonyl (C=O) groups is 1. The summed E-state index contributed by atoms with van der Waals surface area (Å²) in [5.74, 6) is 0.438. The summed E-state index contributed by atoms with van der Waals surface area (Å²) in [5.41, 5.74) is 3.82. The van der Waals surface area contributed by atoms with Crippen molar-refractivity contribution in [2.75, 3.05) is 25.0 Å². The third kappa shape index (κ3) is 6.67. The number of nitriles is 1. The fourth-order valence-corrected chi connectivity index (χ4v) is 5.23. The van der Waals surface area contributed by atoms with Crippen molar-refractivity contribution in [2.45, 2.75) is 52.6 Å². The summed E-state index contributed by atoms with van der Waals surface area (Å²) >= 11 is 0. The highest BCUT2D eigenvalue weighted by molar-refractivity contribution is 5.94. The molecular formula is C33H39N5O. The van der Waals surface area contributed by atoms with Gasteiger partial charge in [-0.3, -0.25) is 4.79 Å². The normalized spacial score (nSPS) is 12.6. The monoisotopic (exact) mass is 521 g/mol. The van der Waals surface area contributed by atoms with Crippen LogP contribution in [0.1, 0.15) is 50.4 Å². The summed E-state index contributed by atoms with van der Waals surface area (Å²) in [5, 5.41) is 11.5. The molecule has 2 atom stereocenters. The molecule has 4 aromatic rings. The summed E-state index contributed by atoms with van der Waals surface area (Å²) in [7, 11) is 1.95. The van der Waals surface area contributed by atoms with Gasteiger partial charge in [-0.1, -0.05) is 75.7 Å². The molecule has 0 aliphatic rings. The minimum atomic E-state index is 0.0721. The number of hydrogen-bond donors (Lipinski definition) is 0. The van der Waals surface area contributed by atoms with E-state index in [1.807, 2.05) is 40.8 Å². The Morgan fingerprint density at radius 2 is 1.79 bits per heavy atom. The van der Waals surface area contributed by atoms with Crippen LogP contribution in [0.3, 0.4) is 0 Å². The number of anilines is 1. The average Bonchev–Trinajstić information content (AvgIpc) is 3.40. The topological polar surface area (TPSA) is 65.2 Å². The lowest BCUT2D eigenvalue weighted by atomic mass is 9.96. The van der Waals surface area contributed by atoms with Gasteiger partial charge in [0.25, 0.3) is 0 Å². The van der Waals surface area contributed by atoms with Gasteiger partial charge in [0.05, 0.1) is 30.4 Å². The zero-order valence-corrected chi connectivity index (χ0v) is 23.5. The summed E-state index contributed by atoms with van der Waals surface area (Å²) in [6, 6.07) is 24.8. The van der Waals surface area contributed by atoms with Crippen molar-refractivity contribution in [1.82, 2.24) is 14.5 Å². The molecule has 1 amide bonds. The fraction of sp³-hybridized carbons (Fsp3) is 0.364. The van der Waals surface area contributed by atoms with E-state index in [0.29, 0.717) is 24.4 Å². The minimum Gasteiger partial charge on any atom is -0.369 e. The van der Waals surface area contributed by atoms with E-state index in [4.69, 9.17) is 5.26 Å². The molecule has 4 rings (SSSR count). The molecule has 0 aliphatic heterocycles. The van der Waals surface area contributed by atoms with Gasteiger partial charge in [0.2, 0.25) is 5.91 Å². The van der Waals surface area contributed by atoms with Gasteiger partial charge in [-0.25, -0.2) is 4.98 Å². The first-order valence-electron chi connectivity index (χ1n) is 13.9. The zero-order chi connectivity index (χ0) is 27.8. The molecule has 0 radical (unpaired) electrons. The molecule has 0 saturated carbocycles. The van der Waals surface area contributed by atoms with Gasteiger partial charge in [-0.15, -0.1) is 0 Å². The molecule has 0 bridgehead atoms. The number of benzene rings is 3. The van der Waals surface area contributed by atoms with Crippen LogP contribution < -0.4 is 4.90 Å². The molecule has 6 heteroatoms. The number of fused-ring (bicyclic) bond motifs is 1. The molecule has 202 valence electrons. The molecule has 0 fully saturated rings. The predicted octanol–water partition coefficient (Wildman–Crippen LogP) is 6.29. The van der Waals surface area contributed by atoms with E-state index in [9.17, 15) is 4.79 Å². The molecule has 1 heterocycles. The van der Waals surface area contributed by atoms with Crippen LogP contribution in [0.25, 0.3) is 10.8 Å². The van der Waals surface area contributed by atoms with Crippen LogP contribution >= 0.6 is 0 Å². The van der Waals surface area contributed by atoms with Crippen LogP contribution in [-0.2, 0) is 17.8 Å². The Bertz CT molecular complexity index is 1410. The summed E-state index contributed by atoms with van der Waals surface area (Å²) in [6.07, 6.45) is 5.88. The van der Waals surface area contributed by atoms with Crippen molar-refractivity contribution in [3.8, 4) is 6.07 Å². The third-order valence-corrected chi connectivity index (χ3v) is 7.77. The second-order valence-corrected chi connectivity index (χ2v) is 10.4. The van der Waals surface area contributed by atoms with E-state index in [2.05, 4.69) is 79.2 Å². The Hall–Kier alpha value is -4.11. The maximum atomic E-state index is 13.7. The number of nitrogens with zero attached hydrogens (tertiary/aromatic N) is 5. The van der Waals surface area contributed by atoms with Crippen molar-refractivity contribution >= 4 is 22.4 Å². The van der Waals surface area contributed by atoms with Crippen LogP contribution in [0, 0.1) is 17.2 Å². The maximum absolute atomic E-state index is 13.7. The minimum absolute atomic E-state index is 0.0721. The second-order valence-electron chi connectivity index (χ2n) is 10.4. The van der Waals surface area contributed by atoms with Crippen molar-refractivity contribution in [2.24, 2.45) is 5.92 Å². The van der Waals surface area contributed by atoms with Crippen LogP contribution in [0.15, 0.2) is 79.3 Å². The Labute approximate surface area is 232 Å². The molecule has 0 saturated heterocycles. The first-order valence-corrected chi connectivity index (χ1v) is 13.9. The van der Waals surface area contributed by atoms with Gasteiger partial charge in [0, 0.05) is 49.6 Å². The van der Waals surface area contributed by atoms with E-state index >= 15 is 0 Å². The third-order valence-electron chi connectivity index (χ3n) is 7.77.